The van der Waals surface area contributed by atoms with Crippen molar-refractivity contribution in [2.24, 2.45) is 0 Å². The van der Waals surface area contributed by atoms with Gasteiger partial charge in [0.15, 0.2) is 0 Å². The highest BCUT2D eigenvalue weighted by Gasteiger charge is 2.08. The number of hydrogen-bond donors (Lipinski definition) is 2. The Kier molecular flexibility index (Phi) is 2.92. The molecule has 4 heteroatoms. The number of benzene rings is 1. The number of nitrogens with two attached hydrogens (primary N) is 1. The van der Waals surface area contributed by atoms with E-state index in [1.807, 2.05) is 36.6 Å². The van der Waals surface area contributed by atoms with Crippen LogP contribution in [0.2, 0.25) is 0 Å². The van der Waals surface area contributed by atoms with Crippen LogP contribution in [0.3, 0.4) is 0 Å². The fourth-order valence-electron chi connectivity index (χ4n) is 1.38. The highest BCUT2D eigenvalue weighted by molar-refractivity contribution is 7.12. The molecule has 16 heavy (non-hydrogen) atoms. The monoisotopic (exact) mass is 232 g/mol. The van der Waals surface area contributed by atoms with E-state index in [2.05, 4.69) is 5.32 Å². The zero-order valence-corrected chi connectivity index (χ0v) is 9.67. The van der Waals surface area contributed by atoms with E-state index in [1.165, 1.54) is 11.3 Å². The average Bonchev–Trinajstić information content (AvgIpc) is 2.78. The van der Waals surface area contributed by atoms with Crippen LogP contribution in [0.25, 0.3) is 0 Å². The van der Waals surface area contributed by atoms with Crippen LogP contribution in [-0.2, 0) is 0 Å². The van der Waals surface area contributed by atoms with Crippen LogP contribution in [0, 0.1) is 6.92 Å². The normalized spacial score (nSPS) is 10.1. The molecule has 0 bridgehead atoms. The van der Waals surface area contributed by atoms with Gasteiger partial charge in [0.2, 0.25) is 0 Å². The maximum absolute atomic E-state index is 11.8. The number of amides is 1. The lowest BCUT2D eigenvalue weighted by Crippen LogP contribution is -2.11. The van der Waals surface area contributed by atoms with Crippen molar-refractivity contribution < 1.29 is 4.79 Å². The number of carbonyl (C=O) groups is 1. The fourth-order valence-corrected chi connectivity index (χ4v) is 2.00. The Hall–Kier alpha value is -1.81. The van der Waals surface area contributed by atoms with Gasteiger partial charge in [-0.05, 0) is 36.1 Å². The minimum atomic E-state index is -0.0938. The molecule has 3 nitrogen and oxygen atoms in total. The van der Waals surface area contributed by atoms with Gasteiger partial charge in [0.05, 0.1) is 4.88 Å². The third kappa shape index (κ3) is 2.06. The van der Waals surface area contributed by atoms with Gasteiger partial charge in [0.25, 0.3) is 5.91 Å². The third-order valence-corrected chi connectivity index (χ3v) is 3.24. The molecule has 3 N–H and O–H groups in total. The summed E-state index contributed by atoms with van der Waals surface area (Å²) in [6.07, 6.45) is 0. The van der Waals surface area contributed by atoms with Crippen molar-refractivity contribution in [2.75, 3.05) is 11.1 Å². The molecule has 1 aromatic heterocycles. The van der Waals surface area contributed by atoms with Crippen LogP contribution in [0.4, 0.5) is 11.4 Å². The maximum atomic E-state index is 11.8. The minimum Gasteiger partial charge on any atom is -0.398 e. The van der Waals surface area contributed by atoms with Crippen molar-refractivity contribution in [3.05, 3.63) is 46.2 Å². The van der Waals surface area contributed by atoms with E-state index < -0.39 is 0 Å². The van der Waals surface area contributed by atoms with Crippen molar-refractivity contribution in [3.8, 4) is 0 Å². The highest BCUT2D eigenvalue weighted by atomic mass is 32.1. The summed E-state index contributed by atoms with van der Waals surface area (Å²) >= 11 is 1.42. The summed E-state index contributed by atoms with van der Waals surface area (Å²) in [4.78, 5) is 12.5. The third-order valence-electron chi connectivity index (χ3n) is 2.37. The van der Waals surface area contributed by atoms with Crippen LogP contribution in [-0.4, -0.2) is 5.91 Å². The second-order valence-corrected chi connectivity index (χ2v) is 4.40. The smallest absolute Gasteiger partial charge is 0.265 e. The van der Waals surface area contributed by atoms with Gasteiger partial charge in [0, 0.05) is 11.4 Å². The van der Waals surface area contributed by atoms with E-state index >= 15 is 0 Å². The number of thiophene rings is 1. The fraction of sp³-hybridized carbons (Fsp3) is 0.0833. The van der Waals surface area contributed by atoms with Crippen LogP contribution in [0.1, 0.15) is 15.2 Å². The molecule has 0 fully saturated rings. The van der Waals surface area contributed by atoms with Crippen molar-refractivity contribution in [2.45, 2.75) is 6.92 Å². The van der Waals surface area contributed by atoms with E-state index in [9.17, 15) is 4.79 Å². The molecule has 82 valence electrons. The standard InChI is InChI=1S/C12H12N2OS/c1-8-9(13)4-2-5-10(8)14-12(15)11-6-3-7-16-11/h2-7H,13H2,1H3,(H,14,15). The Morgan fingerprint density at radius 1 is 1.31 bits per heavy atom. The molecule has 0 aliphatic carbocycles. The van der Waals surface area contributed by atoms with Crippen LogP contribution >= 0.6 is 11.3 Å². The van der Waals surface area contributed by atoms with Gasteiger partial charge in [-0.25, -0.2) is 0 Å². The summed E-state index contributed by atoms with van der Waals surface area (Å²) in [6, 6.07) is 9.13. The van der Waals surface area contributed by atoms with E-state index in [0.717, 1.165) is 11.3 Å². The Balaban J connectivity index is 2.22. The van der Waals surface area contributed by atoms with Gasteiger partial charge in [-0.1, -0.05) is 12.1 Å². The second-order valence-electron chi connectivity index (χ2n) is 3.45. The van der Waals surface area contributed by atoms with Crippen molar-refractivity contribution in [1.82, 2.24) is 0 Å². The largest absolute Gasteiger partial charge is 0.398 e. The Bertz CT molecular complexity index is 506. The minimum absolute atomic E-state index is 0.0938. The average molecular weight is 232 g/mol. The number of hydrogen-bond acceptors (Lipinski definition) is 3. The first kappa shape index (κ1) is 10.7. The predicted octanol–water partition coefficient (Wildman–Crippen LogP) is 2.89. The zero-order chi connectivity index (χ0) is 11.5. The van der Waals surface area contributed by atoms with Gasteiger partial charge in [-0.2, -0.15) is 0 Å². The molecule has 1 amide bonds. The van der Waals surface area contributed by atoms with Crippen LogP contribution < -0.4 is 11.1 Å². The molecule has 0 atom stereocenters. The van der Waals surface area contributed by atoms with Crippen molar-refractivity contribution in [1.29, 1.82) is 0 Å². The number of rotatable bonds is 2. The first-order valence-corrected chi connectivity index (χ1v) is 5.76. The molecular formula is C12H12N2OS. The first-order chi connectivity index (χ1) is 7.68. The molecule has 0 spiro atoms. The van der Waals surface area contributed by atoms with E-state index in [1.54, 1.807) is 6.07 Å². The summed E-state index contributed by atoms with van der Waals surface area (Å²) < 4.78 is 0. The Morgan fingerprint density at radius 2 is 2.12 bits per heavy atom. The van der Waals surface area contributed by atoms with Crippen molar-refractivity contribution >= 4 is 28.6 Å². The molecule has 0 radical (unpaired) electrons. The molecular weight excluding hydrogens is 220 g/mol. The van der Waals surface area contributed by atoms with Gasteiger partial charge in [-0.15, -0.1) is 11.3 Å². The SMILES string of the molecule is Cc1c(N)cccc1NC(=O)c1cccs1. The number of carbonyl (C=O) groups excluding carboxylic acids is 1. The molecule has 0 aliphatic rings. The van der Waals surface area contributed by atoms with E-state index in [4.69, 9.17) is 5.73 Å². The van der Waals surface area contributed by atoms with Gasteiger partial charge in [0.1, 0.15) is 0 Å². The predicted molar refractivity (Wildman–Crippen MR) is 67.9 cm³/mol. The lowest BCUT2D eigenvalue weighted by atomic mass is 10.1. The van der Waals surface area contributed by atoms with E-state index in [0.29, 0.717) is 10.6 Å². The van der Waals surface area contributed by atoms with Crippen molar-refractivity contribution in [3.63, 3.8) is 0 Å². The topological polar surface area (TPSA) is 55.1 Å². The van der Waals surface area contributed by atoms with E-state index in [-0.39, 0.29) is 5.91 Å². The van der Waals surface area contributed by atoms with Crippen LogP contribution in [0.15, 0.2) is 35.7 Å². The van der Waals surface area contributed by atoms with Crippen LogP contribution in [0.5, 0.6) is 0 Å². The van der Waals surface area contributed by atoms with Gasteiger partial charge < -0.3 is 11.1 Å². The summed E-state index contributed by atoms with van der Waals surface area (Å²) in [6.45, 7) is 1.89. The quantitative estimate of drug-likeness (QED) is 0.782. The summed E-state index contributed by atoms with van der Waals surface area (Å²) in [5.41, 5.74) is 8.11. The zero-order valence-electron chi connectivity index (χ0n) is 8.86. The molecule has 2 aromatic rings. The number of nitrogens with one attached hydrogen (secondary N) is 1. The molecule has 1 aromatic carbocycles. The first-order valence-electron chi connectivity index (χ1n) is 4.88. The lowest BCUT2D eigenvalue weighted by Gasteiger charge is -2.08. The summed E-state index contributed by atoms with van der Waals surface area (Å²) in [5, 5.41) is 4.72. The van der Waals surface area contributed by atoms with Gasteiger partial charge in [-0.3, -0.25) is 4.79 Å². The lowest BCUT2D eigenvalue weighted by molar-refractivity contribution is 0.103. The molecule has 0 unspecified atom stereocenters. The number of anilines is 2. The summed E-state index contributed by atoms with van der Waals surface area (Å²) in [7, 11) is 0. The molecule has 0 aliphatic heterocycles. The highest BCUT2D eigenvalue weighted by Crippen LogP contribution is 2.21. The summed E-state index contributed by atoms with van der Waals surface area (Å²) in [5.74, 6) is -0.0938. The Morgan fingerprint density at radius 3 is 2.81 bits per heavy atom. The second kappa shape index (κ2) is 4.37. The molecule has 1 heterocycles. The molecule has 2 rings (SSSR count). The Labute approximate surface area is 97.9 Å². The molecule has 0 saturated carbocycles. The molecule has 0 saturated heterocycles. The number of nitrogen functional groups attached to an aromatic ring is 1. The van der Waals surface area contributed by atoms with Gasteiger partial charge >= 0.3 is 0 Å². The maximum Gasteiger partial charge on any atom is 0.265 e.